The van der Waals surface area contributed by atoms with Crippen molar-refractivity contribution in [3.05, 3.63) is 35.1 Å². The van der Waals surface area contributed by atoms with Gasteiger partial charge >= 0.3 is 0 Å². The van der Waals surface area contributed by atoms with Crippen molar-refractivity contribution in [3.8, 4) is 0 Å². The van der Waals surface area contributed by atoms with E-state index in [4.69, 9.17) is 8.94 Å². The Labute approximate surface area is 135 Å². The second kappa shape index (κ2) is 6.10. The van der Waals surface area contributed by atoms with Crippen molar-refractivity contribution >= 4 is 10.0 Å². The first-order valence-electron chi connectivity index (χ1n) is 7.58. The molecule has 0 aromatic carbocycles. The number of piperazine rings is 1. The van der Waals surface area contributed by atoms with E-state index in [1.165, 1.54) is 4.31 Å². The predicted octanol–water partition coefficient (Wildman–Crippen LogP) is 1.70. The average molecular weight is 339 g/mol. The lowest BCUT2D eigenvalue weighted by Gasteiger charge is -2.33. The zero-order chi connectivity index (χ0) is 16.6. The lowest BCUT2D eigenvalue weighted by molar-refractivity contribution is 0.170. The zero-order valence-electron chi connectivity index (χ0n) is 13.6. The van der Waals surface area contributed by atoms with Gasteiger partial charge < -0.3 is 8.94 Å². The minimum atomic E-state index is -3.55. The molecule has 23 heavy (non-hydrogen) atoms. The van der Waals surface area contributed by atoms with E-state index < -0.39 is 10.0 Å². The SMILES string of the molecule is Cc1ccc(CN2CCN(S(=O)(=O)c3c(C)noc3C)CC2)o1. The van der Waals surface area contributed by atoms with Crippen LogP contribution in [0.2, 0.25) is 0 Å². The summed E-state index contributed by atoms with van der Waals surface area (Å²) < 4.78 is 37.6. The summed E-state index contributed by atoms with van der Waals surface area (Å²) in [6, 6.07) is 3.90. The van der Waals surface area contributed by atoms with Gasteiger partial charge in [-0.05, 0) is 32.9 Å². The molecular weight excluding hydrogens is 318 g/mol. The molecule has 8 heteroatoms. The number of hydrogen-bond acceptors (Lipinski definition) is 6. The monoisotopic (exact) mass is 339 g/mol. The number of sulfonamides is 1. The number of aryl methyl sites for hydroxylation is 3. The molecule has 0 saturated carbocycles. The van der Waals surface area contributed by atoms with E-state index in [1.54, 1.807) is 13.8 Å². The molecule has 0 unspecified atom stereocenters. The first-order chi connectivity index (χ1) is 10.9. The molecule has 0 amide bonds. The summed E-state index contributed by atoms with van der Waals surface area (Å²) >= 11 is 0. The molecule has 1 aliphatic rings. The molecule has 3 rings (SSSR count). The Bertz CT molecular complexity index is 766. The maximum Gasteiger partial charge on any atom is 0.248 e. The van der Waals surface area contributed by atoms with Gasteiger partial charge in [0.15, 0.2) is 5.76 Å². The molecule has 2 aromatic heterocycles. The molecule has 3 heterocycles. The molecule has 1 aliphatic heterocycles. The van der Waals surface area contributed by atoms with Crippen molar-refractivity contribution in [2.45, 2.75) is 32.2 Å². The second-order valence-corrected chi connectivity index (χ2v) is 7.72. The van der Waals surface area contributed by atoms with E-state index >= 15 is 0 Å². The van der Waals surface area contributed by atoms with Crippen molar-refractivity contribution in [2.75, 3.05) is 26.2 Å². The van der Waals surface area contributed by atoms with Crippen LogP contribution < -0.4 is 0 Å². The fraction of sp³-hybridized carbons (Fsp3) is 0.533. The summed E-state index contributed by atoms with van der Waals surface area (Å²) in [6.45, 7) is 8.13. The Morgan fingerprint density at radius 3 is 2.35 bits per heavy atom. The summed E-state index contributed by atoms with van der Waals surface area (Å²) in [7, 11) is -3.55. The third kappa shape index (κ3) is 3.19. The Morgan fingerprint density at radius 2 is 1.83 bits per heavy atom. The zero-order valence-corrected chi connectivity index (χ0v) is 14.4. The highest BCUT2D eigenvalue weighted by Crippen LogP contribution is 2.24. The minimum absolute atomic E-state index is 0.201. The second-order valence-electron chi connectivity index (χ2n) is 5.85. The van der Waals surface area contributed by atoms with Crippen molar-refractivity contribution in [1.82, 2.24) is 14.4 Å². The van der Waals surface area contributed by atoms with Gasteiger partial charge in [-0.25, -0.2) is 8.42 Å². The van der Waals surface area contributed by atoms with Gasteiger partial charge in [-0.2, -0.15) is 4.31 Å². The summed E-state index contributed by atoms with van der Waals surface area (Å²) in [5.41, 5.74) is 0.413. The largest absolute Gasteiger partial charge is 0.465 e. The number of aromatic nitrogens is 1. The van der Waals surface area contributed by atoms with Crippen LogP contribution in [0.4, 0.5) is 0 Å². The smallest absolute Gasteiger partial charge is 0.248 e. The van der Waals surface area contributed by atoms with E-state index in [9.17, 15) is 8.42 Å². The van der Waals surface area contributed by atoms with Gasteiger partial charge in [-0.15, -0.1) is 0 Å². The number of rotatable bonds is 4. The third-order valence-electron chi connectivity index (χ3n) is 4.07. The summed E-state index contributed by atoms with van der Waals surface area (Å²) in [5, 5.41) is 3.75. The maximum atomic E-state index is 12.7. The van der Waals surface area contributed by atoms with Crippen LogP contribution in [0.15, 0.2) is 26.0 Å². The van der Waals surface area contributed by atoms with Crippen LogP contribution in [0.25, 0.3) is 0 Å². The first-order valence-corrected chi connectivity index (χ1v) is 9.02. The maximum absolute atomic E-state index is 12.7. The van der Waals surface area contributed by atoms with Gasteiger partial charge in [-0.3, -0.25) is 4.90 Å². The highest BCUT2D eigenvalue weighted by atomic mass is 32.2. The average Bonchev–Trinajstić information content (AvgIpc) is 3.05. The van der Waals surface area contributed by atoms with Gasteiger partial charge in [0.1, 0.15) is 22.1 Å². The molecule has 0 atom stereocenters. The Kier molecular flexibility index (Phi) is 4.31. The fourth-order valence-electron chi connectivity index (χ4n) is 2.89. The Hall–Kier alpha value is -1.64. The number of furan rings is 1. The molecular formula is C15H21N3O4S. The lowest BCUT2D eigenvalue weighted by atomic mass is 10.3. The highest BCUT2D eigenvalue weighted by molar-refractivity contribution is 7.89. The molecule has 1 saturated heterocycles. The lowest BCUT2D eigenvalue weighted by Crippen LogP contribution is -2.48. The van der Waals surface area contributed by atoms with Crippen LogP contribution in [0.3, 0.4) is 0 Å². The molecule has 7 nitrogen and oxygen atoms in total. The topological polar surface area (TPSA) is 79.8 Å². The van der Waals surface area contributed by atoms with Crippen LogP contribution in [-0.4, -0.2) is 49.0 Å². The molecule has 2 aromatic rings. The number of nitrogens with zero attached hydrogens (tertiary/aromatic N) is 3. The third-order valence-corrected chi connectivity index (χ3v) is 6.22. The van der Waals surface area contributed by atoms with Gasteiger partial charge in [-0.1, -0.05) is 5.16 Å². The van der Waals surface area contributed by atoms with Crippen molar-refractivity contribution < 1.29 is 17.4 Å². The minimum Gasteiger partial charge on any atom is -0.465 e. The van der Waals surface area contributed by atoms with Gasteiger partial charge in [0.05, 0.1) is 6.54 Å². The molecule has 0 N–H and O–H groups in total. The fourth-order valence-corrected chi connectivity index (χ4v) is 4.60. The van der Waals surface area contributed by atoms with Crippen LogP contribution in [-0.2, 0) is 16.6 Å². The van der Waals surface area contributed by atoms with Crippen molar-refractivity contribution in [2.24, 2.45) is 0 Å². The van der Waals surface area contributed by atoms with Crippen LogP contribution >= 0.6 is 0 Å². The Balaban J connectivity index is 1.66. The molecule has 0 aliphatic carbocycles. The molecule has 126 valence electrons. The quantitative estimate of drug-likeness (QED) is 0.843. The molecule has 0 radical (unpaired) electrons. The van der Waals surface area contributed by atoms with Crippen LogP contribution in [0.5, 0.6) is 0 Å². The molecule has 1 fully saturated rings. The molecule has 0 bridgehead atoms. The number of hydrogen-bond donors (Lipinski definition) is 0. The summed E-state index contributed by atoms with van der Waals surface area (Å²) in [6.07, 6.45) is 0. The van der Waals surface area contributed by atoms with E-state index in [-0.39, 0.29) is 4.90 Å². The van der Waals surface area contributed by atoms with Crippen molar-refractivity contribution in [3.63, 3.8) is 0 Å². The normalized spacial score (nSPS) is 17.7. The first kappa shape index (κ1) is 16.2. The Morgan fingerprint density at radius 1 is 1.13 bits per heavy atom. The summed E-state index contributed by atoms with van der Waals surface area (Å²) in [4.78, 5) is 2.39. The highest BCUT2D eigenvalue weighted by Gasteiger charge is 2.33. The summed E-state index contributed by atoms with van der Waals surface area (Å²) in [5.74, 6) is 2.14. The van der Waals surface area contributed by atoms with E-state index in [1.807, 2.05) is 19.1 Å². The van der Waals surface area contributed by atoms with Crippen molar-refractivity contribution in [1.29, 1.82) is 0 Å². The van der Waals surface area contributed by atoms with E-state index in [2.05, 4.69) is 10.1 Å². The van der Waals surface area contributed by atoms with Gasteiger partial charge in [0.25, 0.3) is 0 Å². The standard InChI is InChI=1S/C15H21N3O4S/c1-11-4-5-14(21-11)10-17-6-8-18(9-7-17)23(19,20)15-12(2)16-22-13(15)3/h4-5H,6-10H2,1-3H3. The molecule has 0 spiro atoms. The van der Waals surface area contributed by atoms with Crippen LogP contribution in [0.1, 0.15) is 23.0 Å². The van der Waals surface area contributed by atoms with Crippen LogP contribution in [0, 0.1) is 20.8 Å². The van der Waals surface area contributed by atoms with Gasteiger partial charge in [0.2, 0.25) is 10.0 Å². The predicted molar refractivity (Wildman–Crippen MR) is 83.5 cm³/mol. The van der Waals surface area contributed by atoms with E-state index in [0.717, 1.165) is 11.5 Å². The van der Waals surface area contributed by atoms with E-state index in [0.29, 0.717) is 44.2 Å². The van der Waals surface area contributed by atoms with Gasteiger partial charge in [0, 0.05) is 26.2 Å².